The van der Waals surface area contributed by atoms with Gasteiger partial charge in [-0.3, -0.25) is 9.80 Å². The summed E-state index contributed by atoms with van der Waals surface area (Å²) in [5.41, 5.74) is 0.343. The molecular formula is C13H27N3O. The minimum absolute atomic E-state index is 0.343. The molecule has 2 fully saturated rings. The van der Waals surface area contributed by atoms with Crippen LogP contribution < -0.4 is 5.32 Å². The first-order valence-corrected chi connectivity index (χ1v) is 6.94. The van der Waals surface area contributed by atoms with Gasteiger partial charge in [0.15, 0.2) is 0 Å². The van der Waals surface area contributed by atoms with Crippen molar-refractivity contribution >= 4 is 0 Å². The summed E-state index contributed by atoms with van der Waals surface area (Å²) in [6, 6.07) is 0. The average molecular weight is 241 g/mol. The van der Waals surface area contributed by atoms with Crippen molar-refractivity contribution in [3.8, 4) is 0 Å². The van der Waals surface area contributed by atoms with Gasteiger partial charge in [-0.15, -0.1) is 0 Å². The van der Waals surface area contributed by atoms with E-state index < -0.39 is 0 Å². The molecule has 4 heteroatoms. The standard InChI is InChI=1S/C13H27N3O/c1-13(2)3-4-14-5-6-16(13)8-7-15-9-11-17-12-10-15/h14H,3-12H2,1-2H3. The number of hydrogen-bond donors (Lipinski definition) is 1. The fourth-order valence-corrected chi connectivity index (χ4v) is 2.70. The fourth-order valence-electron chi connectivity index (χ4n) is 2.70. The van der Waals surface area contributed by atoms with E-state index >= 15 is 0 Å². The topological polar surface area (TPSA) is 27.7 Å². The summed E-state index contributed by atoms with van der Waals surface area (Å²) in [7, 11) is 0. The van der Waals surface area contributed by atoms with Crippen LogP contribution in [0.25, 0.3) is 0 Å². The van der Waals surface area contributed by atoms with Gasteiger partial charge in [-0.25, -0.2) is 0 Å². The largest absolute Gasteiger partial charge is 0.379 e. The normalized spacial score (nSPS) is 27.9. The quantitative estimate of drug-likeness (QED) is 0.774. The molecule has 0 aromatic carbocycles. The van der Waals surface area contributed by atoms with Crippen molar-refractivity contribution in [2.45, 2.75) is 25.8 Å². The monoisotopic (exact) mass is 241 g/mol. The van der Waals surface area contributed by atoms with Crippen LogP contribution in [0.3, 0.4) is 0 Å². The third-order valence-electron chi connectivity index (χ3n) is 4.12. The summed E-state index contributed by atoms with van der Waals surface area (Å²) in [5, 5.41) is 3.50. The maximum absolute atomic E-state index is 5.39. The highest BCUT2D eigenvalue weighted by Gasteiger charge is 2.28. The van der Waals surface area contributed by atoms with Gasteiger partial charge in [0.1, 0.15) is 0 Å². The Kier molecular flexibility index (Phi) is 4.79. The van der Waals surface area contributed by atoms with Crippen LogP contribution in [-0.2, 0) is 4.74 Å². The Morgan fingerprint density at radius 2 is 1.82 bits per heavy atom. The molecule has 2 heterocycles. The van der Waals surface area contributed by atoms with E-state index in [2.05, 4.69) is 29.0 Å². The van der Waals surface area contributed by atoms with E-state index in [0.717, 1.165) is 39.4 Å². The first kappa shape index (κ1) is 13.3. The molecule has 2 rings (SSSR count). The van der Waals surface area contributed by atoms with Crippen molar-refractivity contribution in [2.75, 3.05) is 59.0 Å². The molecule has 17 heavy (non-hydrogen) atoms. The van der Waals surface area contributed by atoms with Gasteiger partial charge < -0.3 is 10.1 Å². The summed E-state index contributed by atoms with van der Waals surface area (Å²) < 4.78 is 5.39. The summed E-state index contributed by atoms with van der Waals surface area (Å²) in [6.45, 7) is 14.6. The molecule has 0 aromatic heterocycles. The van der Waals surface area contributed by atoms with Crippen LogP contribution in [0.1, 0.15) is 20.3 Å². The first-order valence-electron chi connectivity index (χ1n) is 6.94. The van der Waals surface area contributed by atoms with Crippen molar-refractivity contribution in [3.05, 3.63) is 0 Å². The molecule has 100 valence electrons. The van der Waals surface area contributed by atoms with Crippen molar-refractivity contribution in [2.24, 2.45) is 0 Å². The highest BCUT2D eigenvalue weighted by molar-refractivity contribution is 4.86. The van der Waals surface area contributed by atoms with Gasteiger partial charge >= 0.3 is 0 Å². The van der Waals surface area contributed by atoms with Crippen molar-refractivity contribution in [1.29, 1.82) is 0 Å². The Balaban J connectivity index is 1.79. The molecule has 2 saturated heterocycles. The number of morpholine rings is 1. The molecule has 1 N–H and O–H groups in total. The van der Waals surface area contributed by atoms with Crippen molar-refractivity contribution < 1.29 is 4.74 Å². The molecule has 0 bridgehead atoms. The van der Waals surface area contributed by atoms with Gasteiger partial charge in [0.05, 0.1) is 13.2 Å². The van der Waals surface area contributed by atoms with Gasteiger partial charge in [-0.2, -0.15) is 0 Å². The molecule has 0 aromatic rings. The highest BCUT2D eigenvalue weighted by Crippen LogP contribution is 2.19. The molecule has 2 aliphatic heterocycles. The lowest BCUT2D eigenvalue weighted by atomic mass is 9.98. The highest BCUT2D eigenvalue weighted by atomic mass is 16.5. The fraction of sp³-hybridized carbons (Fsp3) is 1.00. The Labute approximate surface area is 105 Å². The molecule has 0 radical (unpaired) electrons. The molecule has 0 aliphatic carbocycles. The van der Waals surface area contributed by atoms with Crippen LogP contribution in [0.5, 0.6) is 0 Å². The molecular weight excluding hydrogens is 214 g/mol. The second kappa shape index (κ2) is 6.14. The van der Waals surface area contributed by atoms with Gasteiger partial charge in [-0.05, 0) is 26.8 Å². The minimum atomic E-state index is 0.343. The molecule has 0 spiro atoms. The van der Waals surface area contributed by atoms with Gasteiger partial charge in [0.25, 0.3) is 0 Å². The van der Waals surface area contributed by atoms with E-state index in [9.17, 15) is 0 Å². The Hall–Kier alpha value is -0.160. The molecule has 0 saturated carbocycles. The van der Waals surface area contributed by atoms with E-state index in [-0.39, 0.29) is 0 Å². The third-order valence-corrected chi connectivity index (χ3v) is 4.12. The SMILES string of the molecule is CC1(C)CCNCCN1CCN1CCOCC1. The molecule has 4 nitrogen and oxygen atoms in total. The predicted octanol–water partition coefficient (Wildman–Crippen LogP) is 0.393. The molecule has 2 aliphatic rings. The lowest BCUT2D eigenvalue weighted by molar-refractivity contribution is 0.0261. The summed E-state index contributed by atoms with van der Waals surface area (Å²) >= 11 is 0. The van der Waals surface area contributed by atoms with Crippen LogP contribution >= 0.6 is 0 Å². The molecule has 0 unspecified atom stereocenters. The van der Waals surface area contributed by atoms with Crippen molar-refractivity contribution in [1.82, 2.24) is 15.1 Å². The summed E-state index contributed by atoms with van der Waals surface area (Å²) in [5.74, 6) is 0. The van der Waals surface area contributed by atoms with E-state index in [1.165, 1.54) is 26.1 Å². The smallest absolute Gasteiger partial charge is 0.0594 e. The van der Waals surface area contributed by atoms with Crippen molar-refractivity contribution in [3.63, 3.8) is 0 Å². The van der Waals surface area contributed by atoms with Gasteiger partial charge in [-0.1, -0.05) is 0 Å². The number of hydrogen-bond acceptors (Lipinski definition) is 4. The maximum atomic E-state index is 5.39. The lowest BCUT2D eigenvalue weighted by Gasteiger charge is -2.38. The van der Waals surface area contributed by atoms with E-state index in [4.69, 9.17) is 4.74 Å². The van der Waals surface area contributed by atoms with Crippen LogP contribution in [-0.4, -0.2) is 74.4 Å². The zero-order valence-corrected chi connectivity index (χ0v) is 11.4. The first-order chi connectivity index (χ1) is 8.18. The summed E-state index contributed by atoms with van der Waals surface area (Å²) in [4.78, 5) is 5.17. The van der Waals surface area contributed by atoms with E-state index in [1.54, 1.807) is 0 Å². The molecule has 0 atom stereocenters. The second-order valence-corrected chi connectivity index (χ2v) is 5.75. The third kappa shape index (κ3) is 3.91. The zero-order valence-electron chi connectivity index (χ0n) is 11.4. The maximum Gasteiger partial charge on any atom is 0.0594 e. The average Bonchev–Trinajstić information content (AvgIpc) is 2.49. The summed E-state index contributed by atoms with van der Waals surface area (Å²) in [6.07, 6.45) is 1.25. The van der Waals surface area contributed by atoms with Crippen LogP contribution in [0.4, 0.5) is 0 Å². The predicted molar refractivity (Wildman–Crippen MR) is 70.4 cm³/mol. The Bertz CT molecular complexity index is 227. The van der Waals surface area contributed by atoms with Crippen LogP contribution in [0, 0.1) is 0 Å². The van der Waals surface area contributed by atoms with Gasteiger partial charge in [0.2, 0.25) is 0 Å². The van der Waals surface area contributed by atoms with E-state index in [1.807, 2.05) is 0 Å². The molecule has 0 amide bonds. The van der Waals surface area contributed by atoms with Crippen LogP contribution in [0.15, 0.2) is 0 Å². The Morgan fingerprint density at radius 3 is 2.59 bits per heavy atom. The van der Waals surface area contributed by atoms with Crippen LogP contribution in [0.2, 0.25) is 0 Å². The number of rotatable bonds is 3. The minimum Gasteiger partial charge on any atom is -0.379 e. The zero-order chi connectivity index (χ0) is 12.1. The van der Waals surface area contributed by atoms with E-state index in [0.29, 0.717) is 5.54 Å². The second-order valence-electron chi connectivity index (χ2n) is 5.75. The Morgan fingerprint density at radius 1 is 1.06 bits per heavy atom. The number of nitrogens with one attached hydrogen (secondary N) is 1. The number of ether oxygens (including phenoxy) is 1. The number of nitrogens with zero attached hydrogens (tertiary/aromatic N) is 2. The van der Waals surface area contributed by atoms with Gasteiger partial charge in [0, 0.05) is 44.8 Å². The lowest BCUT2D eigenvalue weighted by Crippen LogP contribution is -2.49.